The zero-order chi connectivity index (χ0) is 12.3. The fourth-order valence-electron chi connectivity index (χ4n) is 2.75. The normalized spacial score (nSPS) is 18.8. The van der Waals surface area contributed by atoms with E-state index in [9.17, 15) is 5.11 Å². The molecule has 1 aliphatic rings. The molecule has 0 saturated heterocycles. The van der Waals surface area contributed by atoms with Crippen molar-refractivity contribution in [3.63, 3.8) is 0 Å². The first kappa shape index (κ1) is 12.4. The minimum atomic E-state index is -0.463. The smallest absolute Gasteiger partial charge is 0.0774 e. The van der Waals surface area contributed by atoms with E-state index in [-0.39, 0.29) is 0 Å². The highest BCUT2D eigenvalue weighted by atomic mass is 16.3. The van der Waals surface area contributed by atoms with Crippen molar-refractivity contribution < 1.29 is 5.11 Å². The molecule has 0 amide bonds. The molecular weight excluding hydrogens is 212 g/mol. The van der Waals surface area contributed by atoms with Crippen molar-refractivity contribution in [3.8, 4) is 0 Å². The van der Waals surface area contributed by atoms with E-state index < -0.39 is 5.60 Å². The van der Waals surface area contributed by atoms with Gasteiger partial charge in [0, 0.05) is 18.8 Å². The van der Waals surface area contributed by atoms with Gasteiger partial charge in [-0.2, -0.15) is 0 Å². The number of hydrogen-bond donors (Lipinski definition) is 2. The van der Waals surface area contributed by atoms with Crippen LogP contribution in [0.4, 0.5) is 5.69 Å². The monoisotopic (exact) mass is 234 g/mol. The van der Waals surface area contributed by atoms with Crippen molar-refractivity contribution in [2.45, 2.75) is 37.8 Å². The highest BCUT2D eigenvalue weighted by molar-refractivity contribution is 5.40. The van der Waals surface area contributed by atoms with Crippen molar-refractivity contribution in [1.29, 1.82) is 0 Å². The summed E-state index contributed by atoms with van der Waals surface area (Å²) in [7, 11) is 2.06. The van der Waals surface area contributed by atoms with Crippen molar-refractivity contribution >= 4 is 5.69 Å². The second-order valence-corrected chi connectivity index (χ2v) is 5.35. The first-order valence-electron chi connectivity index (χ1n) is 6.33. The van der Waals surface area contributed by atoms with Gasteiger partial charge >= 0.3 is 0 Å². The number of nitrogens with zero attached hydrogens (tertiary/aromatic N) is 1. The quantitative estimate of drug-likeness (QED) is 0.783. The number of aliphatic hydroxyl groups is 1. The van der Waals surface area contributed by atoms with Crippen molar-refractivity contribution in [3.05, 3.63) is 29.8 Å². The Morgan fingerprint density at radius 3 is 2.71 bits per heavy atom. The van der Waals surface area contributed by atoms with E-state index in [1.165, 1.54) is 5.56 Å². The van der Waals surface area contributed by atoms with Crippen LogP contribution in [0.15, 0.2) is 24.3 Å². The molecule has 94 valence electrons. The fraction of sp³-hybridized carbons (Fsp3) is 0.571. The molecule has 3 nitrogen and oxygen atoms in total. The average molecular weight is 234 g/mol. The third-order valence-electron chi connectivity index (χ3n) is 3.50. The van der Waals surface area contributed by atoms with Gasteiger partial charge in [0.2, 0.25) is 0 Å². The Balaban J connectivity index is 1.90. The number of likely N-dealkylation sites (N-methyl/N-ethyl adjacent to an activating group) is 1. The van der Waals surface area contributed by atoms with Gasteiger partial charge in [0.15, 0.2) is 0 Å². The van der Waals surface area contributed by atoms with E-state index in [1.54, 1.807) is 0 Å². The van der Waals surface area contributed by atoms with Gasteiger partial charge in [0.05, 0.1) is 5.60 Å². The second-order valence-electron chi connectivity index (χ2n) is 5.35. The Morgan fingerprint density at radius 1 is 1.35 bits per heavy atom. The summed E-state index contributed by atoms with van der Waals surface area (Å²) in [5.74, 6) is 0. The van der Waals surface area contributed by atoms with Crippen molar-refractivity contribution in [2.24, 2.45) is 0 Å². The molecule has 17 heavy (non-hydrogen) atoms. The molecule has 1 fully saturated rings. The number of nitrogens with two attached hydrogens (primary N) is 1. The van der Waals surface area contributed by atoms with E-state index in [4.69, 9.17) is 5.73 Å². The van der Waals surface area contributed by atoms with E-state index in [2.05, 4.69) is 18.0 Å². The Morgan fingerprint density at radius 2 is 2.06 bits per heavy atom. The van der Waals surface area contributed by atoms with Crippen LogP contribution in [0.1, 0.15) is 31.2 Å². The molecule has 0 radical (unpaired) electrons. The van der Waals surface area contributed by atoms with Crippen LogP contribution in [-0.2, 0) is 6.54 Å². The van der Waals surface area contributed by atoms with Gasteiger partial charge < -0.3 is 10.8 Å². The molecular formula is C14H22N2O. The van der Waals surface area contributed by atoms with Gasteiger partial charge in [-0.05, 0) is 37.6 Å². The van der Waals surface area contributed by atoms with Crippen LogP contribution in [-0.4, -0.2) is 29.2 Å². The minimum absolute atomic E-state index is 0.463. The van der Waals surface area contributed by atoms with E-state index in [0.29, 0.717) is 0 Å². The standard InChI is InChI=1S/C14H22N2O/c1-16(11-14(17)7-2-3-8-14)10-12-5-4-6-13(15)9-12/h4-6,9,17H,2-3,7-8,10-11,15H2,1H3. The number of nitrogen functional groups attached to an aromatic ring is 1. The molecule has 0 aliphatic heterocycles. The van der Waals surface area contributed by atoms with E-state index in [0.717, 1.165) is 44.5 Å². The van der Waals surface area contributed by atoms with Gasteiger partial charge in [-0.1, -0.05) is 25.0 Å². The molecule has 3 N–H and O–H groups in total. The summed E-state index contributed by atoms with van der Waals surface area (Å²) in [6, 6.07) is 7.94. The van der Waals surface area contributed by atoms with Crippen LogP contribution in [0.25, 0.3) is 0 Å². The van der Waals surface area contributed by atoms with Gasteiger partial charge in [-0.3, -0.25) is 4.90 Å². The molecule has 1 aromatic carbocycles. The van der Waals surface area contributed by atoms with Crippen LogP contribution in [0.2, 0.25) is 0 Å². The van der Waals surface area contributed by atoms with Gasteiger partial charge in [0.25, 0.3) is 0 Å². The molecule has 1 aliphatic carbocycles. The first-order chi connectivity index (χ1) is 8.07. The fourth-order valence-corrected chi connectivity index (χ4v) is 2.75. The Hall–Kier alpha value is -1.06. The summed E-state index contributed by atoms with van der Waals surface area (Å²) < 4.78 is 0. The first-order valence-corrected chi connectivity index (χ1v) is 6.33. The lowest BCUT2D eigenvalue weighted by Gasteiger charge is -2.28. The van der Waals surface area contributed by atoms with Gasteiger partial charge in [-0.15, -0.1) is 0 Å². The summed E-state index contributed by atoms with van der Waals surface area (Å²) in [5.41, 5.74) is 7.30. The average Bonchev–Trinajstić information content (AvgIpc) is 2.64. The van der Waals surface area contributed by atoms with Crippen LogP contribution >= 0.6 is 0 Å². The highest BCUT2D eigenvalue weighted by Crippen LogP contribution is 2.30. The lowest BCUT2D eigenvalue weighted by Crippen LogP contribution is -2.38. The molecule has 1 saturated carbocycles. The topological polar surface area (TPSA) is 49.5 Å². The molecule has 0 spiro atoms. The Kier molecular flexibility index (Phi) is 3.69. The van der Waals surface area contributed by atoms with Crippen LogP contribution < -0.4 is 5.73 Å². The van der Waals surface area contributed by atoms with Crippen molar-refractivity contribution in [2.75, 3.05) is 19.3 Å². The molecule has 0 atom stereocenters. The predicted octanol–water partition coefficient (Wildman–Crippen LogP) is 2.01. The SMILES string of the molecule is CN(Cc1cccc(N)c1)CC1(O)CCCC1. The molecule has 0 unspecified atom stereocenters. The van der Waals surface area contributed by atoms with Crippen molar-refractivity contribution in [1.82, 2.24) is 4.90 Å². The Bertz CT molecular complexity index is 372. The lowest BCUT2D eigenvalue weighted by molar-refractivity contribution is 0.0145. The Labute approximate surface area is 103 Å². The lowest BCUT2D eigenvalue weighted by atomic mass is 10.0. The number of rotatable bonds is 4. The van der Waals surface area contributed by atoms with Crippen LogP contribution in [0.3, 0.4) is 0 Å². The maximum absolute atomic E-state index is 10.3. The minimum Gasteiger partial charge on any atom is -0.399 e. The van der Waals surface area contributed by atoms with Crippen LogP contribution in [0.5, 0.6) is 0 Å². The largest absolute Gasteiger partial charge is 0.399 e. The zero-order valence-corrected chi connectivity index (χ0v) is 10.5. The summed E-state index contributed by atoms with van der Waals surface area (Å²) >= 11 is 0. The molecule has 3 heteroatoms. The predicted molar refractivity (Wildman–Crippen MR) is 70.6 cm³/mol. The molecule has 0 bridgehead atoms. The molecule has 0 aromatic heterocycles. The third kappa shape index (κ3) is 3.45. The number of hydrogen-bond acceptors (Lipinski definition) is 3. The molecule has 1 aromatic rings. The van der Waals surface area contributed by atoms with Gasteiger partial charge in [-0.25, -0.2) is 0 Å². The summed E-state index contributed by atoms with van der Waals surface area (Å²) in [6.45, 7) is 1.59. The maximum Gasteiger partial charge on any atom is 0.0774 e. The number of anilines is 1. The van der Waals surface area contributed by atoms with Crippen LogP contribution in [0, 0.1) is 0 Å². The number of benzene rings is 1. The second kappa shape index (κ2) is 5.07. The highest BCUT2D eigenvalue weighted by Gasteiger charge is 2.31. The zero-order valence-electron chi connectivity index (χ0n) is 10.5. The van der Waals surface area contributed by atoms with E-state index in [1.807, 2.05) is 18.2 Å². The van der Waals surface area contributed by atoms with Gasteiger partial charge in [0.1, 0.15) is 0 Å². The summed E-state index contributed by atoms with van der Waals surface area (Å²) in [6.07, 6.45) is 4.19. The summed E-state index contributed by atoms with van der Waals surface area (Å²) in [4.78, 5) is 2.18. The van der Waals surface area contributed by atoms with E-state index >= 15 is 0 Å². The molecule has 2 rings (SSSR count). The summed E-state index contributed by atoms with van der Waals surface area (Å²) in [5, 5.41) is 10.3. The maximum atomic E-state index is 10.3. The third-order valence-corrected chi connectivity index (χ3v) is 3.50. The molecule has 0 heterocycles.